The molecule has 1 N–H and O–H groups in total. The Morgan fingerprint density at radius 3 is 2.63 bits per heavy atom. The molecule has 106 valence electrons. The van der Waals surface area contributed by atoms with Crippen LogP contribution in [0.5, 0.6) is 0 Å². The molecule has 0 bridgehead atoms. The maximum atomic E-state index is 5.90. The summed E-state index contributed by atoms with van der Waals surface area (Å²) < 4.78 is 5.90. The summed E-state index contributed by atoms with van der Waals surface area (Å²) in [5.41, 5.74) is 2.81. The standard InChI is InChI=1S/C17H27NO/c1-4-12-18-16(17(19-3)10-7-11-17)15-9-6-8-14(5-2)13-15/h6,8-9,13,16,18H,4-5,7,10-12H2,1-3H3. The van der Waals surface area contributed by atoms with E-state index < -0.39 is 0 Å². The van der Waals surface area contributed by atoms with Crippen molar-refractivity contribution in [1.29, 1.82) is 0 Å². The van der Waals surface area contributed by atoms with Gasteiger partial charge in [0.1, 0.15) is 0 Å². The molecule has 1 aliphatic carbocycles. The van der Waals surface area contributed by atoms with Gasteiger partial charge in [-0.2, -0.15) is 0 Å². The number of aryl methyl sites for hydroxylation is 1. The van der Waals surface area contributed by atoms with Gasteiger partial charge in [-0.3, -0.25) is 0 Å². The molecule has 19 heavy (non-hydrogen) atoms. The van der Waals surface area contributed by atoms with E-state index >= 15 is 0 Å². The van der Waals surface area contributed by atoms with E-state index in [9.17, 15) is 0 Å². The first kappa shape index (κ1) is 14.5. The van der Waals surface area contributed by atoms with Gasteiger partial charge in [-0.15, -0.1) is 0 Å². The Balaban J connectivity index is 2.25. The van der Waals surface area contributed by atoms with E-state index in [0.29, 0.717) is 6.04 Å². The summed E-state index contributed by atoms with van der Waals surface area (Å²) in [6.45, 7) is 5.47. The molecule has 1 atom stereocenters. The summed E-state index contributed by atoms with van der Waals surface area (Å²) in [6.07, 6.45) is 5.87. The molecule has 0 aromatic heterocycles. The van der Waals surface area contributed by atoms with Crippen LogP contribution in [0.15, 0.2) is 24.3 Å². The predicted octanol–water partition coefficient (Wildman–Crippen LogP) is 3.86. The molecule has 0 spiro atoms. The molecule has 1 aliphatic rings. The predicted molar refractivity (Wildman–Crippen MR) is 80.4 cm³/mol. The van der Waals surface area contributed by atoms with Crippen molar-refractivity contribution in [3.8, 4) is 0 Å². The van der Waals surface area contributed by atoms with Gasteiger partial charge >= 0.3 is 0 Å². The molecule has 0 radical (unpaired) electrons. The molecule has 1 saturated carbocycles. The third-order valence-corrected chi connectivity index (χ3v) is 4.42. The molecule has 1 unspecified atom stereocenters. The number of ether oxygens (including phenoxy) is 1. The van der Waals surface area contributed by atoms with Gasteiger partial charge in [-0.1, -0.05) is 38.1 Å². The largest absolute Gasteiger partial charge is 0.376 e. The van der Waals surface area contributed by atoms with Gasteiger partial charge in [-0.25, -0.2) is 0 Å². The average molecular weight is 261 g/mol. The average Bonchev–Trinajstić information content (AvgIpc) is 2.41. The molecular weight excluding hydrogens is 234 g/mol. The van der Waals surface area contributed by atoms with Gasteiger partial charge in [0.05, 0.1) is 11.6 Å². The number of nitrogens with one attached hydrogen (secondary N) is 1. The molecule has 2 heteroatoms. The summed E-state index contributed by atoms with van der Waals surface area (Å²) in [6, 6.07) is 9.30. The second kappa shape index (κ2) is 6.53. The number of methoxy groups -OCH3 is 1. The lowest BCUT2D eigenvalue weighted by Crippen LogP contribution is -2.50. The van der Waals surface area contributed by atoms with E-state index in [1.54, 1.807) is 0 Å². The topological polar surface area (TPSA) is 21.3 Å². The maximum Gasteiger partial charge on any atom is 0.0872 e. The monoisotopic (exact) mass is 261 g/mol. The summed E-state index contributed by atoms with van der Waals surface area (Å²) in [5.74, 6) is 0. The van der Waals surface area contributed by atoms with Crippen molar-refractivity contribution >= 4 is 0 Å². The van der Waals surface area contributed by atoms with Gasteiger partial charge in [0.15, 0.2) is 0 Å². The van der Waals surface area contributed by atoms with Crippen LogP contribution in [-0.2, 0) is 11.2 Å². The van der Waals surface area contributed by atoms with E-state index in [1.165, 1.54) is 30.4 Å². The normalized spacial score (nSPS) is 18.9. The van der Waals surface area contributed by atoms with Crippen LogP contribution < -0.4 is 5.32 Å². The first-order valence-corrected chi connectivity index (χ1v) is 7.63. The van der Waals surface area contributed by atoms with Gasteiger partial charge in [-0.05, 0) is 49.8 Å². The molecule has 2 rings (SSSR count). The van der Waals surface area contributed by atoms with Crippen molar-refractivity contribution < 1.29 is 4.74 Å². The van der Waals surface area contributed by atoms with Crippen molar-refractivity contribution in [3.63, 3.8) is 0 Å². The van der Waals surface area contributed by atoms with Crippen molar-refractivity contribution in [2.45, 2.75) is 57.6 Å². The fourth-order valence-electron chi connectivity index (χ4n) is 3.02. The van der Waals surface area contributed by atoms with Gasteiger partial charge in [0.2, 0.25) is 0 Å². The highest BCUT2D eigenvalue weighted by atomic mass is 16.5. The Kier molecular flexibility index (Phi) is 5.00. The molecule has 2 nitrogen and oxygen atoms in total. The number of hydrogen-bond donors (Lipinski definition) is 1. The Morgan fingerprint density at radius 2 is 2.11 bits per heavy atom. The Bertz CT molecular complexity index is 392. The Hall–Kier alpha value is -0.860. The van der Waals surface area contributed by atoms with E-state index in [2.05, 4.69) is 43.4 Å². The van der Waals surface area contributed by atoms with Crippen molar-refractivity contribution in [1.82, 2.24) is 5.32 Å². The summed E-state index contributed by atoms with van der Waals surface area (Å²) >= 11 is 0. The van der Waals surface area contributed by atoms with Crippen LogP contribution >= 0.6 is 0 Å². The third kappa shape index (κ3) is 3.01. The summed E-state index contributed by atoms with van der Waals surface area (Å²) in [4.78, 5) is 0. The zero-order chi connectivity index (χ0) is 13.7. The maximum absolute atomic E-state index is 5.90. The van der Waals surface area contributed by atoms with E-state index in [4.69, 9.17) is 4.74 Å². The van der Waals surface area contributed by atoms with Crippen molar-refractivity contribution in [2.75, 3.05) is 13.7 Å². The molecule has 1 aromatic carbocycles. The lowest BCUT2D eigenvalue weighted by atomic mass is 9.72. The molecule has 1 aromatic rings. The van der Waals surface area contributed by atoms with Crippen LogP contribution in [0.1, 0.15) is 56.7 Å². The minimum atomic E-state index is 0.0154. The van der Waals surface area contributed by atoms with Crippen LogP contribution in [0, 0.1) is 0 Å². The fourth-order valence-corrected chi connectivity index (χ4v) is 3.02. The number of rotatable bonds is 7. The zero-order valence-corrected chi connectivity index (χ0v) is 12.5. The minimum Gasteiger partial charge on any atom is -0.376 e. The van der Waals surface area contributed by atoms with E-state index in [1.807, 2.05) is 7.11 Å². The minimum absolute atomic E-state index is 0.0154. The van der Waals surface area contributed by atoms with Crippen LogP contribution in [0.2, 0.25) is 0 Å². The highest BCUT2D eigenvalue weighted by molar-refractivity contribution is 5.29. The smallest absolute Gasteiger partial charge is 0.0872 e. The van der Waals surface area contributed by atoms with Crippen molar-refractivity contribution in [2.24, 2.45) is 0 Å². The van der Waals surface area contributed by atoms with E-state index in [-0.39, 0.29) is 5.60 Å². The van der Waals surface area contributed by atoms with Gasteiger partial charge in [0, 0.05) is 7.11 Å². The number of benzene rings is 1. The summed E-state index contributed by atoms with van der Waals surface area (Å²) in [7, 11) is 1.86. The first-order chi connectivity index (χ1) is 9.25. The molecule has 0 amide bonds. The quantitative estimate of drug-likeness (QED) is 0.804. The van der Waals surface area contributed by atoms with Crippen molar-refractivity contribution in [3.05, 3.63) is 35.4 Å². The fraction of sp³-hybridized carbons (Fsp3) is 0.647. The first-order valence-electron chi connectivity index (χ1n) is 7.63. The molecule has 0 aliphatic heterocycles. The second-order valence-electron chi connectivity index (χ2n) is 5.61. The Labute approximate surface area is 117 Å². The van der Waals surface area contributed by atoms with Gasteiger partial charge < -0.3 is 10.1 Å². The van der Waals surface area contributed by atoms with Gasteiger partial charge in [0.25, 0.3) is 0 Å². The highest BCUT2D eigenvalue weighted by Gasteiger charge is 2.44. The SMILES string of the molecule is CCCNC(c1cccc(CC)c1)C1(OC)CCC1. The van der Waals surface area contributed by atoms with E-state index in [0.717, 1.165) is 19.4 Å². The lowest BCUT2D eigenvalue weighted by Gasteiger charge is -2.47. The molecular formula is C17H27NO. The molecule has 1 fully saturated rings. The number of hydrogen-bond acceptors (Lipinski definition) is 2. The molecule has 0 heterocycles. The zero-order valence-electron chi connectivity index (χ0n) is 12.5. The lowest BCUT2D eigenvalue weighted by molar-refractivity contribution is -0.0997. The Morgan fingerprint density at radius 1 is 1.32 bits per heavy atom. The highest BCUT2D eigenvalue weighted by Crippen LogP contribution is 2.45. The van der Waals surface area contributed by atoms with Crippen LogP contribution in [0.3, 0.4) is 0 Å². The molecule has 0 saturated heterocycles. The summed E-state index contributed by atoms with van der Waals surface area (Å²) in [5, 5.41) is 3.71. The third-order valence-electron chi connectivity index (χ3n) is 4.42. The van der Waals surface area contributed by atoms with Crippen LogP contribution in [-0.4, -0.2) is 19.3 Å². The van der Waals surface area contributed by atoms with Crippen LogP contribution in [0.25, 0.3) is 0 Å². The van der Waals surface area contributed by atoms with Crippen LogP contribution in [0.4, 0.5) is 0 Å². The second-order valence-corrected chi connectivity index (χ2v) is 5.61.